The molecule has 0 amide bonds. The van der Waals surface area contributed by atoms with Gasteiger partial charge in [-0.3, -0.25) is 0 Å². The molecule has 0 aliphatic rings. The topological polar surface area (TPSA) is 57.4 Å². The van der Waals surface area contributed by atoms with Crippen LogP contribution < -0.4 is 9.47 Å². The smallest absolute Gasteiger partial charge is 0.277 e. The van der Waals surface area contributed by atoms with E-state index in [9.17, 15) is 4.39 Å². The lowest BCUT2D eigenvalue weighted by atomic mass is 10.2. The Labute approximate surface area is 142 Å². The second kappa shape index (κ2) is 7.35. The molecule has 3 aromatic rings. The zero-order chi connectivity index (χ0) is 16.9. The molecule has 0 spiro atoms. The molecule has 1 heterocycles. The first-order valence-electron chi connectivity index (χ1n) is 7.12. The van der Waals surface area contributed by atoms with Crippen LogP contribution in [0.25, 0.3) is 11.5 Å². The molecule has 0 atom stereocenters. The van der Waals surface area contributed by atoms with Gasteiger partial charge in [-0.15, -0.1) is 10.2 Å². The van der Waals surface area contributed by atoms with Crippen LogP contribution in [0.4, 0.5) is 4.39 Å². The molecule has 0 fully saturated rings. The van der Waals surface area contributed by atoms with Crippen molar-refractivity contribution in [3.8, 4) is 23.0 Å². The first kappa shape index (κ1) is 16.3. The highest BCUT2D eigenvalue weighted by Crippen LogP contribution is 2.28. The largest absolute Gasteiger partial charge is 0.497 e. The molecule has 2 aromatic carbocycles. The zero-order valence-electron chi connectivity index (χ0n) is 13.2. The van der Waals surface area contributed by atoms with E-state index < -0.39 is 0 Å². The van der Waals surface area contributed by atoms with Gasteiger partial charge in [-0.1, -0.05) is 17.8 Å². The standard InChI is InChI=1S/C17H15FN2O3S/c1-21-13-6-4-12(5-7-13)16-19-20-17(23-16)24-10-11-3-8-15(22-2)14(18)9-11/h3-9H,10H2,1-2H3. The summed E-state index contributed by atoms with van der Waals surface area (Å²) in [6, 6.07) is 12.2. The summed E-state index contributed by atoms with van der Waals surface area (Å²) in [5.41, 5.74) is 1.62. The van der Waals surface area contributed by atoms with Gasteiger partial charge >= 0.3 is 0 Å². The van der Waals surface area contributed by atoms with Crippen molar-refractivity contribution >= 4 is 11.8 Å². The fourth-order valence-corrected chi connectivity index (χ4v) is 2.77. The Kier molecular flexibility index (Phi) is 5.00. The minimum atomic E-state index is -0.389. The zero-order valence-corrected chi connectivity index (χ0v) is 14.0. The van der Waals surface area contributed by atoms with Gasteiger partial charge in [0.15, 0.2) is 11.6 Å². The van der Waals surface area contributed by atoms with E-state index in [1.165, 1.54) is 24.9 Å². The minimum Gasteiger partial charge on any atom is -0.497 e. The molecule has 3 rings (SSSR count). The monoisotopic (exact) mass is 346 g/mol. The normalized spacial score (nSPS) is 10.6. The average Bonchev–Trinajstić information content (AvgIpc) is 3.09. The van der Waals surface area contributed by atoms with Gasteiger partial charge in [-0.05, 0) is 42.0 Å². The van der Waals surface area contributed by atoms with Crippen molar-refractivity contribution in [2.24, 2.45) is 0 Å². The van der Waals surface area contributed by atoms with Crippen LogP contribution in [0.3, 0.4) is 0 Å². The molecule has 0 unspecified atom stereocenters. The first-order valence-corrected chi connectivity index (χ1v) is 8.11. The van der Waals surface area contributed by atoms with E-state index in [1.807, 2.05) is 24.3 Å². The summed E-state index contributed by atoms with van der Waals surface area (Å²) in [6.45, 7) is 0. The van der Waals surface area contributed by atoms with Gasteiger partial charge in [-0.2, -0.15) is 0 Å². The molecule has 0 aliphatic heterocycles. The minimum absolute atomic E-state index is 0.225. The highest BCUT2D eigenvalue weighted by Gasteiger charge is 2.10. The van der Waals surface area contributed by atoms with E-state index in [1.54, 1.807) is 19.2 Å². The molecular weight excluding hydrogens is 331 g/mol. The van der Waals surface area contributed by atoms with Crippen molar-refractivity contribution in [2.75, 3.05) is 14.2 Å². The number of benzene rings is 2. The van der Waals surface area contributed by atoms with Gasteiger partial charge in [0.05, 0.1) is 14.2 Å². The number of aromatic nitrogens is 2. The number of ether oxygens (including phenoxy) is 2. The third-order valence-corrected chi connectivity index (χ3v) is 4.21. The maximum absolute atomic E-state index is 13.7. The Morgan fingerprint density at radius 3 is 2.50 bits per heavy atom. The Morgan fingerprint density at radius 1 is 1.04 bits per heavy atom. The van der Waals surface area contributed by atoms with Gasteiger partial charge in [0.2, 0.25) is 5.89 Å². The fraction of sp³-hybridized carbons (Fsp3) is 0.176. The molecular formula is C17H15FN2O3S. The predicted molar refractivity (Wildman–Crippen MR) is 88.8 cm³/mol. The van der Waals surface area contributed by atoms with Crippen LogP contribution in [0.1, 0.15) is 5.56 Å². The van der Waals surface area contributed by atoms with Crippen molar-refractivity contribution < 1.29 is 18.3 Å². The summed E-state index contributed by atoms with van der Waals surface area (Å²) in [5, 5.41) is 8.46. The van der Waals surface area contributed by atoms with Crippen molar-refractivity contribution in [3.05, 3.63) is 53.8 Å². The molecule has 1 aromatic heterocycles. The molecule has 0 bridgehead atoms. The number of halogens is 1. The van der Waals surface area contributed by atoms with Gasteiger partial charge in [0.1, 0.15) is 5.75 Å². The summed E-state index contributed by atoms with van der Waals surface area (Å²) >= 11 is 1.35. The lowest BCUT2D eigenvalue weighted by Gasteiger charge is -2.03. The summed E-state index contributed by atoms with van der Waals surface area (Å²) < 4.78 is 29.3. The molecule has 0 saturated heterocycles. The Bertz CT molecular complexity index is 821. The maximum atomic E-state index is 13.7. The van der Waals surface area contributed by atoms with Crippen LogP contribution in [0.5, 0.6) is 11.5 Å². The highest BCUT2D eigenvalue weighted by molar-refractivity contribution is 7.98. The third-order valence-electron chi connectivity index (χ3n) is 3.32. The number of hydrogen-bond donors (Lipinski definition) is 0. The summed E-state index contributed by atoms with van der Waals surface area (Å²) in [7, 11) is 3.05. The lowest BCUT2D eigenvalue weighted by molar-refractivity contribution is 0.386. The number of nitrogens with zero attached hydrogens (tertiary/aromatic N) is 2. The van der Waals surface area contributed by atoms with Crippen LogP contribution in [0, 0.1) is 5.82 Å². The third kappa shape index (κ3) is 3.68. The number of thioether (sulfide) groups is 1. The van der Waals surface area contributed by atoms with E-state index in [-0.39, 0.29) is 11.6 Å². The molecule has 7 heteroatoms. The van der Waals surface area contributed by atoms with Crippen molar-refractivity contribution in [1.82, 2.24) is 10.2 Å². The highest BCUT2D eigenvalue weighted by atomic mass is 32.2. The van der Waals surface area contributed by atoms with Crippen LogP contribution in [-0.2, 0) is 5.75 Å². The Balaban J connectivity index is 1.66. The number of rotatable bonds is 6. The SMILES string of the molecule is COc1ccc(-c2nnc(SCc3ccc(OC)c(F)c3)o2)cc1. The van der Waals surface area contributed by atoms with E-state index in [0.29, 0.717) is 16.9 Å². The quantitative estimate of drug-likeness (QED) is 0.624. The van der Waals surface area contributed by atoms with Crippen molar-refractivity contribution in [3.63, 3.8) is 0 Å². The molecule has 0 radical (unpaired) electrons. The van der Waals surface area contributed by atoms with E-state index in [0.717, 1.165) is 16.9 Å². The molecule has 5 nitrogen and oxygen atoms in total. The van der Waals surface area contributed by atoms with E-state index in [4.69, 9.17) is 13.9 Å². The van der Waals surface area contributed by atoms with Gasteiger partial charge < -0.3 is 13.9 Å². The van der Waals surface area contributed by atoms with Crippen molar-refractivity contribution in [2.45, 2.75) is 11.0 Å². The molecule has 0 saturated carbocycles. The van der Waals surface area contributed by atoms with Crippen LogP contribution in [0.2, 0.25) is 0 Å². The molecule has 0 aliphatic carbocycles. The number of methoxy groups -OCH3 is 2. The van der Waals surface area contributed by atoms with E-state index >= 15 is 0 Å². The number of hydrogen-bond acceptors (Lipinski definition) is 6. The second-order valence-corrected chi connectivity index (χ2v) is 5.79. The van der Waals surface area contributed by atoms with E-state index in [2.05, 4.69) is 10.2 Å². The summed E-state index contributed by atoms with van der Waals surface area (Å²) in [5.74, 6) is 1.55. The van der Waals surface area contributed by atoms with Gasteiger partial charge in [0.25, 0.3) is 5.22 Å². The second-order valence-electron chi connectivity index (χ2n) is 4.86. The lowest BCUT2D eigenvalue weighted by Crippen LogP contribution is -1.90. The van der Waals surface area contributed by atoms with Crippen LogP contribution in [-0.4, -0.2) is 24.4 Å². The molecule has 0 N–H and O–H groups in total. The molecule has 24 heavy (non-hydrogen) atoms. The van der Waals surface area contributed by atoms with Gasteiger partial charge in [0, 0.05) is 11.3 Å². The van der Waals surface area contributed by atoms with Crippen molar-refractivity contribution in [1.29, 1.82) is 0 Å². The summed E-state index contributed by atoms with van der Waals surface area (Å²) in [4.78, 5) is 0. The summed E-state index contributed by atoms with van der Waals surface area (Å²) in [6.07, 6.45) is 0. The fourth-order valence-electron chi connectivity index (χ4n) is 2.06. The average molecular weight is 346 g/mol. The van der Waals surface area contributed by atoms with Gasteiger partial charge in [-0.25, -0.2) is 4.39 Å². The maximum Gasteiger partial charge on any atom is 0.277 e. The molecule has 124 valence electrons. The van der Waals surface area contributed by atoms with Crippen LogP contribution >= 0.6 is 11.8 Å². The Morgan fingerprint density at radius 2 is 1.83 bits per heavy atom. The Hall–Kier alpha value is -2.54. The first-order chi connectivity index (χ1) is 11.7. The predicted octanol–water partition coefficient (Wildman–Crippen LogP) is 4.19. The van der Waals surface area contributed by atoms with Crippen LogP contribution in [0.15, 0.2) is 52.1 Å².